The summed E-state index contributed by atoms with van der Waals surface area (Å²) >= 11 is 5.64. The van der Waals surface area contributed by atoms with Gasteiger partial charge in [-0.05, 0) is 12.5 Å². The molecule has 2 atom stereocenters. The maximum absolute atomic E-state index is 13.3. The van der Waals surface area contributed by atoms with Crippen molar-refractivity contribution >= 4 is 39.7 Å². The average Bonchev–Trinajstić information content (AvgIpc) is 2.29. The van der Waals surface area contributed by atoms with Gasteiger partial charge in [-0.15, -0.1) is 0 Å². The summed E-state index contributed by atoms with van der Waals surface area (Å²) in [7, 11) is -0.963. The molecule has 0 spiro atoms. The molecule has 98 valence electrons. The molecule has 0 fully saturated rings. The van der Waals surface area contributed by atoms with Crippen LogP contribution in [0, 0.1) is 5.82 Å². The summed E-state index contributed by atoms with van der Waals surface area (Å²) in [6.45, 7) is 0. The first-order chi connectivity index (χ1) is 8.47. The summed E-state index contributed by atoms with van der Waals surface area (Å²) in [5.74, 6) is -0.358. The van der Waals surface area contributed by atoms with Gasteiger partial charge in [0, 0.05) is 28.9 Å². The molecule has 1 heterocycles. The fourth-order valence-electron chi connectivity index (χ4n) is 1.73. The molecule has 2 rings (SSSR count). The van der Waals surface area contributed by atoms with Crippen molar-refractivity contribution in [2.75, 3.05) is 22.6 Å². The second-order valence-electron chi connectivity index (χ2n) is 4.06. The molecule has 4 nitrogen and oxygen atoms in total. The Morgan fingerprint density at radius 3 is 2.83 bits per heavy atom. The number of nitrogens with one attached hydrogen (secondary N) is 2. The third kappa shape index (κ3) is 2.81. The molecule has 1 aromatic carbocycles. The molecule has 0 aromatic heterocycles. The molecule has 1 amide bonds. The Morgan fingerprint density at radius 2 is 2.17 bits per heavy atom. The standard InChI is InChI=1S/C11H12ClFN2O2S/c1-18(17)3-2-8-11(16)15-9-4-6(12)7(13)5-10(9)14-8/h4-5,8,14H,2-3H2,1H3,(H,15,16). The van der Waals surface area contributed by atoms with E-state index in [0.717, 1.165) is 0 Å². The zero-order valence-corrected chi connectivity index (χ0v) is 11.2. The lowest BCUT2D eigenvalue weighted by Crippen LogP contribution is -2.39. The first kappa shape index (κ1) is 13.3. The zero-order chi connectivity index (χ0) is 13.3. The predicted octanol–water partition coefficient (Wildman–Crippen LogP) is 1.98. The lowest BCUT2D eigenvalue weighted by Gasteiger charge is -2.26. The van der Waals surface area contributed by atoms with Gasteiger partial charge >= 0.3 is 0 Å². The van der Waals surface area contributed by atoms with Crippen molar-refractivity contribution in [2.45, 2.75) is 12.5 Å². The Labute approximate surface area is 111 Å². The van der Waals surface area contributed by atoms with Crippen LogP contribution in [0.15, 0.2) is 12.1 Å². The van der Waals surface area contributed by atoms with Crippen LogP contribution in [0.5, 0.6) is 0 Å². The fourth-order valence-corrected chi connectivity index (χ4v) is 2.46. The molecule has 1 aromatic rings. The van der Waals surface area contributed by atoms with Gasteiger partial charge in [0.05, 0.1) is 16.4 Å². The maximum atomic E-state index is 13.3. The summed E-state index contributed by atoms with van der Waals surface area (Å²) in [4.78, 5) is 11.8. The Hall–Kier alpha value is -1.14. The molecule has 2 unspecified atom stereocenters. The van der Waals surface area contributed by atoms with E-state index in [1.807, 2.05) is 0 Å². The maximum Gasteiger partial charge on any atom is 0.246 e. The molecule has 2 N–H and O–H groups in total. The van der Waals surface area contributed by atoms with E-state index in [0.29, 0.717) is 23.5 Å². The van der Waals surface area contributed by atoms with Gasteiger partial charge in [0.2, 0.25) is 5.91 Å². The van der Waals surface area contributed by atoms with Crippen LogP contribution in [0.3, 0.4) is 0 Å². The van der Waals surface area contributed by atoms with E-state index in [-0.39, 0.29) is 10.9 Å². The van der Waals surface area contributed by atoms with Crippen molar-refractivity contribution in [3.63, 3.8) is 0 Å². The molecule has 1 aliphatic rings. The van der Waals surface area contributed by atoms with Crippen molar-refractivity contribution in [1.29, 1.82) is 0 Å². The van der Waals surface area contributed by atoms with Crippen molar-refractivity contribution in [2.24, 2.45) is 0 Å². The predicted molar refractivity (Wildman–Crippen MR) is 71.0 cm³/mol. The minimum absolute atomic E-state index is 0.0380. The summed E-state index contributed by atoms with van der Waals surface area (Å²) in [6, 6.07) is 2.11. The highest BCUT2D eigenvalue weighted by atomic mass is 35.5. The number of anilines is 2. The molecule has 0 aliphatic carbocycles. The van der Waals surface area contributed by atoms with Gasteiger partial charge in [-0.3, -0.25) is 9.00 Å². The second-order valence-corrected chi connectivity index (χ2v) is 6.03. The third-order valence-electron chi connectivity index (χ3n) is 2.66. The lowest BCUT2D eigenvalue weighted by molar-refractivity contribution is -0.117. The van der Waals surface area contributed by atoms with Crippen LogP contribution in [-0.2, 0) is 15.6 Å². The molecule has 0 saturated carbocycles. The van der Waals surface area contributed by atoms with Gasteiger partial charge in [-0.25, -0.2) is 4.39 Å². The van der Waals surface area contributed by atoms with Gasteiger partial charge in [-0.1, -0.05) is 11.6 Å². The minimum atomic E-state index is -0.963. The molecule has 1 aliphatic heterocycles. The Morgan fingerprint density at radius 1 is 1.44 bits per heavy atom. The van der Waals surface area contributed by atoms with Gasteiger partial charge in [0.25, 0.3) is 0 Å². The Bertz CT molecular complexity index is 524. The van der Waals surface area contributed by atoms with Crippen LogP contribution in [0.2, 0.25) is 5.02 Å². The highest BCUT2D eigenvalue weighted by Crippen LogP contribution is 2.32. The molecule has 0 bridgehead atoms. The van der Waals surface area contributed by atoms with Crippen molar-refractivity contribution < 1.29 is 13.4 Å². The first-order valence-electron chi connectivity index (χ1n) is 5.34. The monoisotopic (exact) mass is 290 g/mol. The van der Waals surface area contributed by atoms with E-state index < -0.39 is 22.7 Å². The van der Waals surface area contributed by atoms with Crippen LogP contribution >= 0.6 is 11.6 Å². The van der Waals surface area contributed by atoms with Crippen molar-refractivity contribution in [3.05, 3.63) is 23.0 Å². The average molecular weight is 291 g/mol. The van der Waals surface area contributed by atoms with Crippen LogP contribution in [0.25, 0.3) is 0 Å². The van der Waals surface area contributed by atoms with Crippen LogP contribution < -0.4 is 10.6 Å². The molecular formula is C11H12ClFN2O2S. The summed E-state index contributed by atoms with van der Waals surface area (Å²) in [5, 5.41) is 5.54. The molecular weight excluding hydrogens is 279 g/mol. The summed E-state index contributed by atoms with van der Waals surface area (Å²) < 4.78 is 24.3. The van der Waals surface area contributed by atoms with E-state index >= 15 is 0 Å². The number of rotatable bonds is 3. The topological polar surface area (TPSA) is 58.2 Å². The number of halogens is 2. The smallest absolute Gasteiger partial charge is 0.246 e. The van der Waals surface area contributed by atoms with Crippen LogP contribution in [0.4, 0.5) is 15.8 Å². The largest absolute Gasteiger partial charge is 0.372 e. The van der Waals surface area contributed by atoms with Crippen LogP contribution in [0.1, 0.15) is 6.42 Å². The van der Waals surface area contributed by atoms with Crippen molar-refractivity contribution in [3.8, 4) is 0 Å². The minimum Gasteiger partial charge on any atom is -0.372 e. The van der Waals surface area contributed by atoms with Crippen molar-refractivity contribution in [1.82, 2.24) is 0 Å². The molecule has 0 saturated heterocycles. The molecule has 0 radical (unpaired) electrons. The number of hydrogen-bond acceptors (Lipinski definition) is 3. The van der Waals surface area contributed by atoms with Crippen LogP contribution in [-0.4, -0.2) is 28.2 Å². The normalized spacial score (nSPS) is 19.7. The highest BCUT2D eigenvalue weighted by Gasteiger charge is 2.26. The fraction of sp³-hybridized carbons (Fsp3) is 0.364. The van der Waals surface area contributed by atoms with Gasteiger partial charge in [-0.2, -0.15) is 0 Å². The van der Waals surface area contributed by atoms with Gasteiger partial charge < -0.3 is 10.6 Å². The number of hydrogen-bond donors (Lipinski definition) is 2. The first-order valence-corrected chi connectivity index (χ1v) is 7.44. The van der Waals surface area contributed by atoms with Gasteiger partial charge in [0.15, 0.2) is 0 Å². The Kier molecular flexibility index (Phi) is 3.87. The van der Waals surface area contributed by atoms with E-state index in [9.17, 15) is 13.4 Å². The zero-order valence-electron chi connectivity index (χ0n) is 9.63. The number of amides is 1. The van der Waals surface area contributed by atoms with E-state index in [1.54, 1.807) is 6.26 Å². The number of benzene rings is 1. The van der Waals surface area contributed by atoms with E-state index in [1.165, 1.54) is 12.1 Å². The lowest BCUT2D eigenvalue weighted by atomic mass is 10.1. The van der Waals surface area contributed by atoms with Gasteiger partial charge in [0.1, 0.15) is 11.9 Å². The number of carbonyl (C=O) groups excluding carboxylic acids is 1. The SMILES string of the molecule is CS(=O)CCC1Nc2cc(F)c(Cl)cc2NC1=O. The van der Waals surface area contributed by atoms with E-state index in [4.69, 9.17) is 11.6 Å². The Balaban J connectivity index is 2.19. The summed E-state index contributed by atoms with van der Waals surface area (Å²) in [5.41, 5.74) is 0.948. The quantitative estimate of drug-likeness (QED) is 0.895. The number of fused-ring (bicyclic) bond motifs is 1. The molecule has 7 heteroatoms. The van der Waals surface area contributed by atoms with E-state index in [2.05, 4.69) is 10.6 Å². The highest BCUT2D eigenvalue weighted by molar-refractivity contribution is 7.84. The summed E-state index contributed by atoms with van der Waals surface area (Å²) in [6.07, 6.45) is 2.01. The number of carbonyl (C=O) groups is 1. The molecule has 18 heavy (non-hydrogen) atoms. The third-order valence-corrected chi connectivity index (χ3v) is 3.76. The second kappa shape index (κ2) is 5.24.